The van der Waals surface area contributed by atoms with E-state index in [9.17, 15) is 9.59 Å². The van der Waals surface area contributed by atoms with E-state index in [0.29, 0.717) is 11.8 Å². The first-order valence-corrected chi connectivity index (χ1v) is 7.32. The van der Waals surface area contributed by atoms with Crippen molar-refractivity contribution in [2.45, 2.75) is 53.4 Å². The Hall–Kier alpha value is -1.32. The molecule has 0 aromatic rings. The summed E-state index contributed by atoms with van der Waals surface area (Å²) in [6, 6.07) is 0. The number of carboxylic acids is 2. The molecule has 4 nitrogen and oxygen atoms in total. The van der Waals surface area contributed by atoms with Crippen LogP contribution in [-0.2, 0) is 9.59 Å². The second-order valence-electron chi connectivity index (χ2n) is 6.15. The van der Waals surface area contributed by atoms with Gasteiger partial charge in [-0.1, -0.05) is 39.8 Å². The van der Waals surface area contributed by atoms with Gasteiger partial charge in [0.1, 0.15) is 0 Å². The van der Waals surface area contributed by atoms with E-state index in [1.165, 1.54) is 0 Å². The predicted molar refractivity (Wildman–Crippen MR) is 79.5 cm³/mol. The Morgan fingerprint density at radius 2 is 1.10 bits per heavy atom. The standard InChI is InChI=1S/C16H28O4/c1-11(2)13(9-15(17)18)7-5-6-8-14(12(3)4)10-16(19)20/h5-6,11-14H,7-10H2,1-4H3,(H,17,18)(H,19,20)/b6-5+. The molecule has 2 N–H and O–H groups in total. The lowest BCUT2D eigenvalue weighted by molar-refractivity contribution is -0.139. The van der Waals surface area contributed by atoms with Gasteiger partial charge in [-0.2, -0.15) is 0 Å². The first-order valence-electron chi connectivity index (χ1n) is 7.32. The summed E-state index contributed by atoms with van der Waals surface area (Å²) in [5.74, 6) is -0.584. The number of carbonyl (C=O) groups is 2. The van der Waals surface area contributed by atoms with Gasteiger partial charge >= 0.3 is 11.9 Å². The number of aliphatic carboxylic acids is 2. The molecular formula is C16H28O4. The number of rotatable bonds is 10. The van der Waals surface area contributed by atoms with Gasteiger partial charge in [-0.25, -0.2) is 0 Å². The molecule has 4 heteroatoms. The van der Waals surface area contributed by atoms with E-state index in [2.05, 4.69) is 0 Å². The Morgan fingerprint density at radius 3 is 1.30 bits per heavy atom. The van der Waals surface area contributed by atoms with Gasteiger partial charge < -0.3 is 10.2 Å². The van der Waals surface area contributed by atoms with Crippen LogP contribution in [-0.4, -0.2) is 22.2 Å². The van der Waals surface area contributed by atoms with Crippen LogP contribution in [0.2, 0.25) is 0 Å². The summed E-state index contributed by atoms with van der Waals surface area (Å²) in [6.07, 6.45) is 5.86. The van der Waals surface area contributed by atoms with Crippen molar-refractivity contribution in [3.05, 3.63) is 12.2 Å². The minimum absolute atomic E-state index is 0.140. The third kappa shape index (κ3) is 8.73. The van der Waals surface area contributed by atoms with Crippen LogP contribution < -0.4 is 0 Å². The molecule has 0 fully saturated rings. The lowest BCUT2D eigenvalue weighted by Crippen LogP contribution is -2.14. The molecule has 0 aromatic carbocycles. The third-order valence-electron chi connectivity index (χ3n) is 3.80. The zero-order valence-corrected chi connectivity index (χ0v) is 13.0. The van der Waals surface area contributed by atoms with Crippen LogP contribution in [0.4, 0.5) is 0 Å². The van der Waals surface area contributed by atoms with E-state index >= 15 is 0 Å². The van der Waals surface area contributed by atoms with Crippen molar-refractivity contribution in [3.63, 3.8) is 0 Å². The average Bonchev–Trinajstić information content (AvgIpc) is 2.29. The van der Waals surface area contributed by atoms with Gasteiger partial charge in [-0.3, -0.25) is 9.59 Å². The lowest BCUT2D eigenvalue weighted by Gasteiger charge is -2.18. The molecule has 0 rings (SSSR count). The van der Waals surface area contributed by atoms with E-state index in [4.69, 9.17) is 10.2 Å². The maximum atomic E-state index is 10.8. The van der Waals surface area contributed by atoms with Gasteiger partial charge in [0.15, 0.2) is 0 Å². The highest BCUT2D eigenvalue weighted by atomic mass is 16.4. The molecule has 0 aliphatic heterocycles. The summed E-state index contributed by atoms with van der Waals surface area (Å²) in [4.78, 5) is 21.6. The molecule has 116 valence electrons. The fourth-order valence-corrected chi connectivity index (χ4v) is 2.17. The lowest BCUT2D eigenvalue weighted by atomic mass is 9.87. The zero-order chi connectivity index (χ0) is 15.7. The van der Waals surface area contributed by atoms with E-state index in [-0.39, 0.29) is 24.7 Å². The maximum Gasteiger partial charge on any atom is 0.303 e. The molecule has 2 unspecified atom stereocenters. The first-order chi connectivity index (χ1) is 9.23. The molecule has 2 atom stereocenters. The smallest absolute Gasteiger partial charge is 0.303 e. The van der Waals surface area contributed by atoms with Crippen molar-refractivity contribution in [1.29, 1.82) is 0 Å². The van der Waals surface area contributed by atoms with Gasteiger partial charge in [0.05, 0.1) is 0 Å². The molecule has 0 radical (unpaired) electrons. The molecule has 0 aliphatic carbocycles. The Labute approximate surface area is 121 Å². The monoisotopic (exact) mass is 284 g/mol. The van der Waals surface area contributed by atoms with Crippen molar-refractivity contribution < 1.29 is 19.8 Å². The number of allylic oxidation sites excluding steroid dienone is 2. The van der Waals surface area contributed by atoms with Crippen molar-refractivity contribution in [2.24, 2.45) is 23.7 Å². The van der Waals surface area contributed by atoms with Crippen LogP contribution in [0.15, 0.2) is 12.2 Å². The maximum absolute atomic E-state index is 10.8. The molecule has 0 spiro atoms. The topological polar surface area (TPSA) is 74.6 Å². The molecule has 0 aliphatic rings. The van der Waals surface area contributed by atoms with Gasteiger partial charge in [0.2, 0.25) is 0 Å². The van der Waals surface area contributed by atoms with Crippen LogP contribution in [0.1, 0.15) is 53.4 Å². The largest absolute Gasteiger partial charge is 0.481 e. The van der Waals surface area contributed by atoms with Crippen LogP contribution >= 0.6 is 0 Å². The Balaban J connectivity index is 4.32. The molecule has 0 amide bonds. The van der Waals surface area contributed by atoms with Crippen LogP contribution in [0.5, 0.6) is 0 Å². The summed E-state index contributed by atoms with van der Waals surface area (Å²) in [5, 5.41) is 17.7. The second kappa shape index (κ2) is 9.56. The van der Waals surface area contributed by atoms with Gasteiger partial charge in [-0.15, -0.1) is 0 Å². The minimum Gasteiger partial charge on any atom is -0.481 e. The molecule has 0 aromatic heterocycles. The molecule has 20 heavy (non-hydrogen) atoms. The van der Waals surface area contributed by atoms with Crippen LogP contribution in [0, 0.1) is 23.7 Å². The van der Waals surface area contributed by atoms with Gasteiger partial charge in [0, 0.05) is 12.8 Å². The SMILES string of the molecule is CC(C)C(C/C=C/CC(CC(=O)O)C(C)C)CC(=O)O. The highest BCUT2D eigenvalue weighted by Gasteiger charge is 2.17. The number of carboxylic acid groups (broad SMARTS) is 2. The number of hydrogen-bond donors (Lipinski definition) is 2. The summed E-state index contributed by atoms with van der Waals surface area (Å²) in [5.41, 5.74) is 0. The average molecular weight is 284 g/mol. The Kier molecular flexibility index (Phi) is 8.93. The van der Waals surface area contributed by atoms with E-state index in [1.807, 2.05) is 39.8 Å². The van der Waals surface area contributed by atoms with Crippen LogP contribution in [0.25, 0.3) is 0 Å². The second-order valence-corrected chi connectivity index (χ2v) is 6.15. The van der Waals surface area contributed by atoms with Crippen molar-refractivity contribution in [1.82, 2.24) is 0 Å². The van der Waals surface area contributed by atoms with Gasteiger partial charge in [-0.05, 0) is 36.5 Å². The molecule has 0 bridgehead atoms. The quantitative estimate of drug-likeness (QED) is 0.598. The van der Waals surface area contributed by atoms with E-state index in [0.717, 1.165) is 12.8 Å². The van der Waals surface area contributed by atoms with E-state index in [1.54, 1.807) is 0 Å². The third-order valence-corrected chi connectivity index (χ3v) is 3.80. The molecule has 0 saturated carbocycles. The predicted octanol–water partition coefficient (Wildman–Crippen LogP) is 3.82. The summed E-state index contributed by atoms with van der Waals surface area (Å²) < 4.78 is 0. The van der Waals surface area contributed by atoms with E-state index < -0.39 is 11.9 Å². The van der Waals surface area contributed by atoms with Crippen molar-refractivity contribution >= 4 is 11.9 Å². The van der Waals surface area contributed by atoms with Crippen LogP contribution in [0.3, 0.4) is 0 Å². The molecular weight excluding hydrogens is 256 g/mol. The fourth-order valence-electron chi connectivity index (χ4n) is 2.17. The Bertz CT molecular complexity index is 299. The van der Waals surface area contributed by atoms with Gasteiger partial charge in [0.25, 0.3) is 0 Å². The highest BCUT2D eigenvalue weighted by molar-refractivity contribution is 5.67. The molecule has 0 heterocycles. The summed E-state index contributed by atoms with van der Waals surface area (Å²) in [7, 11) is 0. The minimum atomic E-state index is -0.761. The normalized spacial score (nSPS) is 14.9. The van der Waals surface area contributed by atoms with Crippen molar-refractivity contribution in [2.75, 3.05) is 0 Å². The summed E-state index contributed by atoms with van der Waals surface area (Å²) >= 11 is 0. The summed E-state index contributed by atoms with van der Waals surface area (Å²) in [6.45, 7) is 8.12. The number of hydrogen-bond acceptors (Lipinski definition) is 2. The highest BCUT2D eigenvalue weighted by Crippen LogP contribution is 2.22. The fraction of sp³-hybridized carbons (Fsp3) is 0.750. The van der Waals surface area contributed by atoms with Crippen molar-refractivity contribution in [3.8, 4) is 0 Å². The zero-order valence-electron chi connectivity index (χ0n) is 13.0. The first kappa shape index (κ1) is 18.7. The Morgan fingerprint density at radius 1 is 0.800 bits per heavy atom. The molecule has 0 saturated heterocycles.